The van der Waals surface area contributed by atoms with E-state index in [0.717, 1.165) is 5.69 Å². The largest absolute Gasteiger partial charge is 0.480 e. The fourth-order valence-corrected chi connectivity index (χ4v) is 3.14. The van der Waals surface area contributed by atoms with Gasteiger partial charge in [0.2, 0.25) is 17.7 Å². The predicted octanol–water partition coefficient (Wildman–Crippen LogP) is 3.94. The highest BCUT2D eigenvalue weighted by molar-refractivity contribution is 5.96. The molecule has 0 aromatic carbocycles. The molecule has 0 radical (unpaired) electrons. The minimum atomic E-state index is -1.36. The predicted molar refractivity (Wildman–Crippen MR) is 154 cm³/mol. The second-order valence-electron chi connectivity index (χ2n) is 8.43. The molecule has 39 heavy (non-hydrogen) atoms. The Bertz CT molecular complexity index is 1240. The normalized spacial score (nSPS) is 19.3. The van der Waals surface area contributed by atoms with Crippen molar-refractivity contribution in [3.63, 3.8) is 0 Å². The van der Waals surface area contributed by atoms with Crippen LogP contribution in [0, 0.1) is 0 Å². The molecule has 1 aliphatic heterocycles. The summed E-state index contributed by atoms with van der Waals surface area (Å²) < 4.78 is 5.77. The van der Waals surface area contributed by atoms with Crippen molar-refractivity contribution in [2.75, 3.05) is 0 Å². The number of carboxylic acid groups (broad SMARTS) is 1. The van der Waals surface area contributed by atoms with E-state index in [1.54, 1.807) is 18.2 Å². The van der Waals surface area contributed by atoms with Gasteiger partial charge < -0.3 is 25.9 Å². The minimum absolute atomic E-state index is 0.0219. The molecule has 0 saturated heterocycles. The van der Waals surface area contributed by atoms with Crippen LogP contribution in [0.1, 0.15) is 26.0 Å². The van der Waals surface area contributed by atoms with Crippen LogP contribution in [0.5, 0.6) is 0 Å². The molecule has 204 valence electrons. The van der Waals surface area contributed by atoms with E-state index in [1.807, 2.05) is 92.1 Å². The Morgan fingerprint density at radius 1 is 1.05 bits per heavy atom. The number of nitrogens with one attached hydrogen (secondary N) is 2. The summed E-state index contributed by atoms with van der Waals surface area (Å²) in [6, 6.07) is 2.51. The van der Waals surface area contributed by atoms with Gasteiger partial charge in [-0.05, 0) is 32.1 Å². The maximum atomic E-state index is 12.0. The van der Waals surface area contributed by atoms with Gasteiger partial charge in [0.25, 0.3) is 0 Å². The molecule has 1 aromatic heterocycles. The number of aliphatic imine (C=N–C) groups is 1. The number of carbonyl (C=O) groups excluding carboxylic acids is 2. The van der Waals surface area contributed by atoms with Gasteiger partial charge in [0.1, 0.15) is 18.2 Å². The van der Waals surface area contributed by atoms with Crippen LogP contribution >= 0.6 is 0 Å². The summed E-state index contributed by atoms with van der Waals surface area (Å²) in [6.45, 7) is 3.53. The Morgan fingerprint density at radius 2 is 1.67 bits per heavy atom. The average Bonchev–Trinajstić information content (AvgIpc) is 3.54. The Morgan fingerprint density at radius 3 is 2.23 bits per heavy atom. The molecule has 1 aliphatic rings. The zero-order chi connectivity index (χ0) is 28.5. The lowest BCUT2D eigenvalue weighted by atomic mass is 10.1. The molecule has 0 fully saturated rings. The smallest absolute Gasteiger partial charge is 0.326 e. The summed E-state index contributed by atoms with van der Waals surface area (Å²) in [5, 5.41) is 11.3. The van der Waals surface area contributed by atoms with Gasteiger partial charge in [0.15, 0.2) is 0 Å². The summed E-state index contributed by atoms with van der Waals surface area (Å²) in [5.74, 6) is -2.10. The maximum absolute atomic E-state index is 12.0. The van der Waals surface area contributed by atoms with E-state index in [2.05, 4.69) is 15.3 Å². The van der Waals surface area contributed by atoms with Gasteiger partial charge in [-0.1, -0.05) is 79.0 Å². The van der Waals surface area contributed by atoms with Crippen molar-refractivity contribution in [1.29, 1.82) is 0 Å². The van der Waals surface area contributed by atoms with Crippen LogP contribution in [0.15, 0.2) is 114 Å². The first kappa shape index (κ1) is 30.3. The number of aromatic amines is 1. The van der Waals surface area contributed by atoms with Crippen molar-refractivity contribution in [3.05, 3.63) is 115 Å². The van der Waals surface area contributed by atoms with Gasteiger partial charge >= 0.3 is 5.97 Å². The molecule has 3 atom stereocenters. The van der Waals surface area contributed by atoms with Crippen LogP contribution in [-0.2, 0) is 19.1 Å². The number of amides is 2. The maximum Gasteiger partial charge on any atom is 0.326 e. The topological polar surface area (TPSA) is 147 Å². The number of aliphatic carboxylic acids is 1. The van der Waals surface area contributed by atoms with E-state index < -0.39 is 30.2 Å². The second kappa shape index (κ2) is 16.8. The van der Waals surface area contributed by atoms with Crippen LogP contribution in [0.3, 0.4) is 0 Å². The molecule has 0 saturated carbocycles. The highest BCUT2D eigenvalue weighted by atomic mass is 16.5. The highest BCUT2D eigenvalue weighted by Gasteiger charge is 2.23. The second-order valence-corrected chi connectivity index (χ2v) is 8.43. The minimum Gasteiger partial charge on any atom is -0.480 e. The van der Waals surface area contributed by atoms with Crippen LogP contribution in [0.25, 0.3) is 6.08 Å². The molecule has 9 heteroatoms. The third-order valence-corrected chi connectivity index (χ3v) is 5.22. The lowest BCUT2D eigenvalue weighted by Gasteiger charge is -2.12. The van der Waals surface area contributed by atoms with Crippen molar-refractivity contribution in [3.8, 4) is 0 Å². The van der Waals surface area contributed by atoms with Gasteiger partial charge in [-0.25, -0.2) is 9.79 Å². The number of ether oxygens (including phenoxy) is 1. The van der Waals surface area contributed by atoms with Crippen molar-refractivity contribution in [2.24, 2.45) is 10.7 Å². The number of allylic oxidation sites excluding steroid dienone is 12. The van der Waals surface area contributed by atoms with Crippen molar-refractivity contribution >= 4 is 29.8 Å². The number of carbonyl (C=O) groups is 3. The van der Waals surface area contributed by atoms with E-state index in [4.69, 9.17) is 15.6 Å². The molecule has 1 unspecified atom stereocenters. The highest BCUT2D eigenvalue weighted by Crippen LogP contribution is 2.16. The summed E-state index contributed by atoms with van der Waals surface area (Å²) in [4.78, 5) is 41.7. The lowest BCUT2D eigenvalue weighted by Crippen LogP contribution is -2.43. The summed E-state index contributed by atoms with van der Waals surface area (Å²) in [7, 11) is 0. The number of aromatic nitrogens is 1. The van der Waals surface area contributed by atoms with Crippen LogP contribution < -0.4 is 11.1 Å². The van der Waals surface area contributed by atoms with Gasteiger partial charge in [-0.3, -0.25) is 9.59 Å². The number of carboxylic acids is 1. The molecule has 0 bridgehead atoms. The monoisotopic (exact) mass is 530 g/mol. The zero-order valence-corrected chi connectivity index (χ0v) is 21.9. The fourth-order valence-electron chi connectivity index (χ4n) is 3.14. The zero-order valence-electron chi connectivity index (χ0n) is 21.9. The number of rotatable bonds is 14. The number of primary amides is 1. The van der Waals surface area contributed by atoms with Crippen molar-refractivity contribution in [2.45, 2.75) is 38.5 Å². The first-order chi connectivity index (χ1) is 18.8. The third-order valence-electron chi connectivity index (χ3n) is 5.22. The summed E-state index contributed by atoms with van der Waals surface area (Å²) >= 11 is 0. The Hall–Kier alpha value is -4.92. The Balaban J connectivity index is 1.71. The van der Waals surface area contributed by atoms with E-state index in [0.29, 0.717) is 11.5 Å². The average molecular weight is 531 g/mol. The summed E-state index contributed by atoms with van der Waals surface area (Å²) in [5.41, 5.74) is 6.29. The molecule has 0 aliphatic carbocycles. The van der Waals surface area contributed by atoms with Gasteiger partial charge in [0.05, 0.1) is 6.42 Å². The van der Waals surface area contributed by atoms with Crippen LogP contribution in [0.4, 0.5) is 0 Å². The number of H-pyrrole nitrogens is 1. The van der Waals surface area contributed by atoms with E-state index in [1.165, 1.54) is 13.0 Å². The lowest BCUT2D eigenvalue weighted by molar-refractivity contribution is -0.142. The van der Waals surface area contributed by atoms with Crippen molar-refractivity contribution in [1.82, 2.24) is 10.3 Å². The fraction of sp³-hybridized carbons (Fsp3) is 0.200. The van der Waals surface area contributed by atoms with E-state index in [-0.39, 0.29) is 12.1 Å². The molecular weight excluding hydrogens is 496 g/mol. The van der Waals surface area contributed by atoms with Gasteiger partial charge in [-0.2, -0.15) is 0 Å². The van der Waals surface area contributed by atoms with Gasteiger partial charge in [0, 0.05) is 23.5 Å². The van der Waals surface area contributed by atoms with Crippen LogP contribution in [-0.4, -0.2) is 52.0 Å². The molecule has 0 spiro atoms. The number of hydrogen-bond acceptors (Lipinski definition) is 5. The number of nitrogens with zero attached hydrogens (tertiary/aromatic N) is 1. The first-order valence-electron chi connectivity index (χ1n) is 12.3. The Kier molecular flexibility index (Phi) is 13.0. The summed E-state index contributed by atoms with van der Waals surface area (Å²) in [6.07, 6.45) is 29.0. The third kappa shape index (κ3) is 12.2. The Labute approximate surface area is 228 Å². The van der Waals surface area contributed by atoms with E-state index >= 15 is 0 Å². The number of nitrogens with two attached hydrogens (primary N) is 1. The molecule has 2 rings (SSSR count). The van der Waals surface area contributed by atoms with Gasteiger partial charge in [-0.15, -0.1) is 0 Å². The molecule has 1 aromatic rings. The van der Waals surface area contributed by atoms with E-state index in [9.17, 15) is 14.4 Å². The molecular formula is C30H34N4O5. The molecule has 2 heterocycles. The van der Waals surface area contributed by atoms with Crippen molar-refractivity contribution < 1.29 is 24.2 Å². The quantitative estimate of drug-likeness (QED) is 0.212. The molecule has 2 amide bonds. The SMILES string of the molecule is C\C(=C/C=C/C=C/C=C/C=C/C=C/C=C/[C@H]1N=C(/C=C/c2ccc[nH]2)O[C@@H]1C)C(=O)NC(CC(N)=O)C(=O)O. The standard InChI is InChI=1S/C30H34N4O5/c1-22(29(36)34-26(30(37)38)21-27(31)35)15-12-10-8-6-4-3-5-7-9-11-13-17-25-23(2)39-28(33-25)19-18-24-16-14-20-32-24/h3-20,23,25-26,32H,21H2,1-2H3,(H2,31,35)(H,34,36)(H,37,38)/b4-3+,7-5+,8-6+,11-9+,12-10+,17-13+,19-18+,22-15+/t23-,25-,26?/m1/s1. The number of hydrogen-bond donors (Lipinski definition) is 4. The first-order valence-corrected chi connectivity index (χ1v) is 12.3. The molecule has 5 N–H and O–H groups in total. The van der Waals surface area contributed by atoms with Crippen LogP contribution in [0.2, 0.25) is 0 Å². The molecule has 9 nitrogen and oxygen atoms in total.